The van der Waals surface area contributed by atoms with Crippen LogP contribution in [0.5, 0.6) is 0 Å². The summed E-state index contributed by atoms with van der Waals surface area (Å²) in [4.78, 5) is 0. The summed E-state index contributed by atoms with van der Waals surface area (Å²) < 4.78 is 0. The number of hydrogen-bond acceptors (Lipinski definition) is 0. The fourth-order valence-corrected chi connectivity index (χ4v) is 7.22. The molecule has 0 amide bonds. The molecule has 0 aliphatic heterocycles. The van der Waals surface area contributed by atoms with Gasteiger partial charge in [-0.3, -0.25) is 0 Å². The maximum atomic E-state index is 2.41. The molecule has 0 saturated carbocycles. The molecule has 0 heteroatoms. The lowest BCUT2D eigenvalue weighted by Gasteiger charge is -2.20. The molecule has 9 rings (SSSR count). The van der Waals surface area contributed by atoms with Crippen molar-refractivity contribution in [2.24, 2.45) is 0 Å². The minimum absolute atomic E-state index is 1.22. The fraction of sp³-hybridized carbons (Fsp3) is 0. The molecule has 9 aromatic rings. The van der Waals surface area contributed by atoms with Crippen LogP contribution >= 0.6 is 0 Å². The highest BCUT2D eigenvalue weighted by atomic mass is 14.2. The van der Waals surface area contributed by atoms with Crippen LogP contribution in [0.4, 0.5) is 0 Å². The Kier molecular flexibility index (Phi) is 6.25. The molecule has 0 bridgehead atoms. The predicted molar refractivity (Wildman–Crippen MR) is 198 cm³/mol. The number of hydrogen-bond donors (Lipinski definition) is 0. The van der Waals surface area contributed by atoms with Crippen LogP contribution in [0.2, 0.25) is 0 Å². The van der Waals surface area contributed by atoms with Gasteiger partial charge in [-0.25, -0.2) is 0 Å². The van der Waals surface area contributed by atoms with Crippen LogP contribution in [-0.2, 0) is 0 Å². The van der Waals surface area contributed by atoms with Crippen molar-refractivity contribution < 1.29 is 0 Å². The van der Waals surface area contributed by atoms with Crippen molar-refractivity contribution in [3.63, 3.8) is 0 Å². The molecule has 0 spiro atoms. The third-order valence-electron chi connectivity index (χ3n) is 9.43. The number of rotatable bonds is 4. The Hall–Kier alpha value is -5.98. The topological polar surface area (TPSA) is 0 Å². The van der Waals surface area contributed by atoms with E-state index in [1.54, 1.807) is 0 Å². The zero-order valence-electron chi connectivity index (χ0n) is 25.3. The highest BCUT2D eigenvalue weighted by Gasteiger charge is 2.19. The second-order valence-electron chi connectivity index (χ2n) is 12.1. The predicted octanol–water partition coefficient (Wildman–Crippen LogP) is 13.0. The Morgan fingerprint density at radius 3 is 1.50 bits per heavy atom. The Morgan fingerprint density at radius 1 is 0.217 bits per heavy atom. The third kappa shape index (κ3) is 4.38. The summed E-state index contributed by atoms with van der Waals surface area (Å²) in [6.45, 7) is 0. The SMILES string of the molecule is c1ccc(-c2ccc3c(-c4ccccc4)c4ccc5ccccc5c4c(-c4ccc(-c5ccc6ccccc6c5)cc4)c3c2)cc1. The second kappa shape index (κ2) is 10.9. The minimum Gasteiger partial charge on any atom is -0.0622 e. The van der Waals surface area contributed by atoms with Crippen LogP contribution in [0.1, 0.15) is 0 Å². The van der Waals surface area contributed by atoms with E-state index in [1.807, 2.05) is 0 Å². The Morgan fingerprint density at radius 2 is 0.717 bits per heavy atom. The van der Waals surface area contributed by atoms with Gasteiger partial charge in [0.25, 0.3) is 0 Å². The van der Waals surface area contributed by atoms with Gasteiger partial charge in [-0.1, -0.05) is 170 Å². The first kappa shape index (κ1) is 26.4. The van der Waals surface area contributed by atoms with Gasteiger partial charge in [-0.2, -0.15) is 0 Å². The maximum absolute atomic E-state index is 2.41. The molecule has 0 heterocycles. The van der Waals surface area contributed by atoms with Gasteiger partial charge in [0, 0.05) is 0 Å². The average molecular weight is 583 g/mol. The van der Waals surface area contributed by atoms with Crippen LogP contribution in [0.15, 0.2) is 182 Å². The normalized spacial score (nSPS) is 11.5. The van der Waals surface area contributed by atoms with Crippen molar-refractivity contribution in [1.82, 2.24) is 0 Å². The first-order valence-electron chi connectivity index (χ1n) is 15.9. The van der Waals surface area contributed by atoms with Crippen molar-refractivity contribution in [3.05, 3.63) is 182 Å². The fourth-order valence-electron chi connectivity index (χ4n) is 7.22. The molecule has 0 N–H and O–H groups in total. The zero-order valence-corrected chi connectivity index (χ0v) is 25.3. The van der Waals surface area contributed by atoms with E-state index in [4.69, 9.17) is 0 Å². The summed E-state index contributed by atoms with van der Waals surface area (Å²) in [5.41, 5.74) is 9.92. The lowest BCUT2D eigenvalue weighted by molar-refractivity contribution is 1.62. The van der Waals surface area contributed by atoms with Crippen LogP contribution in [0, 0.1) is 0 Å². The monoisotopic (exact) mass is 582 g/mol. The van der Waals surface area contributed by atoms with E-state index in [0.717, 1.165) is 0 Å². The molecule has 9 aromatic carbocycles. The van der Waals surface area contributed by atoms with Gasteiger partial charge in [0.05, 0.1) is 0 Å². The smallest absolute Gasteiger partial charge is 0.00141 e. The van der Waals surface area contributed by atoms with Gasteiger partial charge >= 0.3 is 0 Å². The first-order chi connectivity index (χ1) is 22.8. The zero-order chi connectivity index (χ0) is 30.5. The van der Waals surface area contributed by atoms with Crippen molar-refractivity contribution >= 4 is 43.1 Å². The van der Waals surface area contributed by atoms with Crippen LogP contribution in [0.25, 0.3) is 87.6 Å². The molecule has 0 radical (unpaired) electrons. The molecule has 0 saturated heterocycles. The standard InChI is InChI=1S/C46H30/c1-3-11-31(12-4-1)39-26-27-41-43(30-39)45(36-22-19-33(20-23-36)38-24-21-32-13-7-8-17-37(32)29-38)46-40-18-10-9-14-34(40)25-28-42(46)44(41)35-15-5-2-6-16-35/h1-30H. The van der Waals surface area contributed by atoms with Gasteiger partial charge in [0.15, 0.2) is 0 Å². The van der Waals surface area contributed by atoms with E-state index >= 15 is 0 Å². The number of benzene rings is 9. The van der Waals surface area contributed by atoms with Crippen molar-refractivity contribution in [2.75, 3.05) is 0 Å². The van der Waals surface area contributed by atoms with Gasteiger partial charge < -0.3 is 0 Å². The van der Waals surface area contributed by atoms with E-state index in [2.05, 4.69) is 182 Å². The Balaban J connectivity index is 1.37. The lowest BCUT2D eigenvalue weighted by Crippen LogP contribution is -1.93. The van der Waals surface area contributed by atoms with E-state index in [1.165, 1.54) is 87.6 Å². The van der Waals surface area contributed by atoms with Crippen molar-refractivity contribution in [1.29, 1.82) is 0 Å². The number of fused-ring (bicyclic) bond motifs is 5. The van der Waals surface area contributed by atoms with Crippen LogP contribution in [-0.4, -0.2) is 0 Å². The quantitative estimate of drug-likeness (QED) is 0.143. The summed E-state index contributed by atoms with van der Waals surface area (Å²) in [7, 11) is 0. The summed E-state index contributed by atoms with van der Waals surface area (Å²) in [6, 6.07) is 66.6. The van der Waals surface area contributed by atoms with Gasteiger partial charge in [-0.05, 0) is 99.7 Å². The molecule has 214 valence electrons. The van der Waals surface area contributed by atoms with Crippen molar-refractivity contribution in [2.45, 2.75) is 0 Å². The largest absolute Gasteiger partial charge is 0.0622 e. The molecule has 0 aliphatic rings. The molecule has 0 nitrogen and oxygen atoms in total. The first-order valence-corrected chi connectivity index (χ1v) is 15.9. The third-order valence-corrected chi connectivity index (χ3v) is 9.43. The van der Waals surface area contributed by atoms with E-state index in [0.29, 0.717) is 0 Å². The molecular weight excluding hydrogens is 553 g/mol. The summed E-state index contributed by atoms with van der Waals surface area (Å²) in [5, 5.41) is 10.2. The molecule has 0 atom stereocenters. The van der Waals surface area contributed by atoms with E-state index < -0.39 is 0 Å². The molecular formula is C46H30. The molecule has 0 fully saturated rings. The van der Waals surface area contributed by atoms with E-state index in [9.17, 15) is 0 Å². The minimum atomic E-state index is 1.22. The van der Waals surface area contributed by atoms with Crippen LogP contribution in [0.3, 0.4) is 0 Å². The highest BCUT2D eigenvalue weighted by Crippen LogP contribution is 2.47. The maximum Gasteiger partial charge on any atom is -0.00141 e. The summed E-state index contributed by atoms with van der Waals surface area (Å²) >= 11 is 0. The molecule has 46 heavy (non-hydrogen) atoms. The van der Waals surface area contributed by atoms with Crippen LogP contribution < -0.4 is 0 Å². The van der Waals surface area contributed by atoms with Gasteiger partial charge in [0.1, 0.15) is 0 Å². The molecule has 0 aliphatic carbocycles. The van der Waals surface area contributed by atoms with Crippen molar-refractivity contribution in [3.8, 4) is 44.5 Å². The lowest BCUT2D eigenvalue weighted by atomic mass is 9.83. The summed E-state index contributed by atoms with van der Waals surface area (Å²) in [6.07, 6.45) is 0. The van der Waals surface area contributed by atoms with E-state index in [-0.39, 0.29) is 0 Å². The second-order valence-corrected chi connectivity index (χ2v) is 12.1. The Bertz CT molecular complexity index is 2540. The van der Waals surface area contributed by atoms with Gasteiger partial charge in [0.2, 0.25) is 0 Å². The Labute approximate surface area is 268 Å². The highest BCUT2D eigenvalue weighted by molar-refractivity contribution is 6.28. The van der Waals surface area contributed by atoms with Gasteiger partial charge in [-0.15, -0.1) is 0 Å². The molecule has 0 aromatic heterocycles. The average Bonchev–Trinajstić information content (AvgIpc) is 3.14. The molecule has 0 unspecified atom stereocenters. The summed E-state index contributed by atoms with van der Waals surface area (Å²) in [5.74, 6) is 0.